The Kier molecular flexibility index (Phi) is 4.70. The number of carbonyl (C=O) groups is 1. The number of hydrogen-bond donors (Lipinski definition) is 2. The number of ether oxygens (including phenoxy) is 1. The van der Waals surface area contributed by atoms with Gasteiger partial charge in [-0.15, -0.1) is 0 Å². The van der Waals surface area contributed by atoms with Crippen LogP contribution in [0.15, 0.2) is 66.7 Å². The summed E-state index contributed by atoms with van der Waals surface area (Å²) in [5, 5.41) is 0. The fraction of sp³-hybridized carbons (Fsp3) is 0.0357. The summed E-state index contributed by atoms with van der Waals surface area (Å²) in [7, 11) is 1.40. The van der Waals surface area contributed by atoms with Crippen molar-refractivity contribution in [2.75, 3.05) is 7.11 Å². The lowest BCUT2D eigenvalue weighted by molar-refractivity contribution is 0.0604. The molecule has 0 spiro atoms. The molecule has 5 heterocycles. The first-order chi connectivity index (χ1) is 16.7. The smallest absolute Gasteiger partial charge is 0.340 e. The van der Waals surface area contributed by atoms with E-state index < -0.39 is 5.97 Å². The van der Waals surface area contributed by atoms with Gasteiger partial charge in [0.25, 0.3) is 0 Å². The number of nitrogens with zero attached hydrogens (tertiary/aromatic N) is 2. The summed E-state index contributed by atoms with van der Waals surface area (Å²) in [5.74, 6) is -0.407. The van der Waals surface area contributed by atoms with Crippen LogP contribution in [0.2, 0.25) is 0 Å². The van der Waals surface area contributed by atoms with E-state index in [9.17, 15) is 4.79 Å². The predicted molar refractivity (Wildman–Crippen MR) is 136 cm³/mol. The molecule has 2 aliphatic rings. The van der Waals surface area contributed by atoms with Crippen molar-refractivity contribution in [1.29, 1.82) is 0 Å². The van der Waals surface area contributed by atoms with E-state index in [0.717, 1.165) is 50.5 Å². The topological polar surface area (TPSA) is 83.7 Å². The minimum absolute atomic E-state index is 0.407. The summed E-state index contributed by atoms with van der Waals surface area (Å²) < 4.78 is 5.19. The van der Waals surface area contributed by atoms with Crippen LogP contribution in [0.4, 0.5) is 0 Å². The standard InChI is InChI=1S/C28H20N4O2/c1-34-28(33)27-25-16-23-12-10-21(31-23)14-19-8-7-18(29-19)13-20-9-11-22(30-20)15-24(32-25)26(27)17-5-3-2-4-6-17/h2-16,31-32H,1H3. The molecule has 3 aromatic heterocycles. The van der Waals surface area contributed by atoms with Gasteiger partial charge in [0.1, 0.15) is 0 Å². The van der Waals surface area contributed by atoms with Crippen LogP contribution >= 0.6 is 0 Å². The maximum absolute atomic E-state index is 13.0. The average molecular weight is 444 g/mol. The van der Waals surface area contributed by atoms with Gasteiger partial charge in [0.2, 0.25) is 0 Å². The van der Waals surface area contributed by atoms with E-state index in [1.54, 1.807) is 0 Å². The lowest BCUT2D eigenvalue weighted by atomic mass is 10.0. The van der Waals surface area contributed by atoms with Crippen molar-refractivity contribution in [2.24, 2.45) is 0 Å². The number of esters is 1. The highest BCUT2D eigenvalue weighted by Gasteiger charge is 2.20. The third kappa shape index (κ3) is 3.61. The van der Waals surface area contributed by atoms with Gasteiger partial charge in [-0.25, -0.2) is 14.8 Å². The number of H-pyrrole nitrogens is 2. The van der Waals surface area contributed by atoms with Gasteiger partial charge >= 0.3 is 5.97 Å². The molecule has 0 atom stereocenters. The van der Waals surface area contributed by atoms with Crippen molar-refractivity contribution >= 4 is 52.3 Å². The fourth-order valence-electron chi connectivity index (χ4n) is 4.30. The molecule has 1 aromatic carbocycles. The second-order valence-electron chi connectivity index (χ2n) is 8.10. The van der Waals surface area contributed by atoms with Crippen LogP contribution in [-0.2, 0) is 4.74 Å². The second-order valence-corrected chi connectivity index (χ2v) is 8.10. The van der Waals surface area contributed by atoms with Gasteiger partial charge in [0.05, 0.1) is 41.0 Å². The lowest BCUT2D eigenvalue weighted by Crippen LogP contribution is -2.02. The monoisotopic (exact) mass is 444 g/mol. The molecule has 6 nitrogen and oxygen atoms in total. The predicted octanol–water partition coefficient (Wildman–Crippen LogP) is 6.11. The number of hydrogen-bond acceptors (Lipinski definition) is 4. The molecule has 34 heavy (non-hydrogen) atoms. The molecule has 164 valence electrons. The Hall–Kier alpha value is -4.71. The minimum atomic E-state index is -0.407. The molecule has 0 aliphatic carbocycles. The van der Waals surface area contributed by atoms with Gasteiger partial charge in [-0.2, -0.15) is 0 Å². The molecular formula is C28H20N4O2. The molecule has 0 saturated carbocycles. The third-order valence-corrected chi connectivity index (χ3v) is 5.80. The normalized spacial score (nSPS) is 12.1. The molecule has 0 amide bonds. The van der Waals surface area contributed by atoms with E-state index >= 15 is 0 Å². The first-order valence-electron chi connectivity index (χ1n) is 10.9. The fourth-order valence-corrected chi connectivity index (χ4v) is 4.30. The van der Waals surface area contributed by atoms with Crippen molar-refractivity contribution in [3.63, 3.8) is 0 Å². The summed E-state index contributed by atoms with van der Waals surface area (Å²) in [6, 6.07) is 21.6. The zero-order valence-electron chi connectivity index (χ0n) is 18.4. The highest BCUT2D eigenvalue weighted by Crippen LogP contribution is 2.33. The van der Waals surface area contributed by atoms with E-state index in [2.05, 4.69) is 15.0 Å². The van der Waals surface area contributed by atoms with Gasteiger partial charge in [-0.3, -0.25) is 0 Å². The first kappa shape index (κ1) is 19.9. The van der Waals surface area contributed by atoms with Gasteiger partial charge in [0.15, 0.2) is 0 Å². The van der Waals surface area contributed by atoms with Crippen LogP contribution in [0.1, 0.15) is 33.1 Å². The summed E-state index contributed by atoms with van der Waals surface area (Å²) >= 11 is 0. The molecule has 6 heteroatoms. The van der Waals surface area contributed by atoms with Gasteiger partial charge in [-0.05, 0) is 66.3 Å². The molecular weight excluding hydrogens is 424 g/mol. The number of rotatable bonds is 2. The molecule has 2 N–H and O–H groups in total. The van der Waals surface area contributed by atoms with E-state index in [4.69, 9.17) is 9.72 Å². The van der Waals surface area contributed by atoms with Gasteiger partial charge in [0, 0.05) is 22.1 Å². The van der Waals surface area contributed by atoms with E-state index in [0.29, 0.717) is 11.1 Å². The Morgan fingerprint density at radius 1 is 0.706 bits per heavy atom. The number of carbonyl (C=O) groups excluding carboxylic acids is 1. The Labute approximate surface area is 195 Å². The van der Waals surface area contributed by atoms with E-state index in [-0.39, 0.29) is 0 Å². The molecule has 8 bridgehead atoms. The first-order valence-corrected chi connectivity index (χ1v) is 10.9. The molecule has 0 radical (unpaired) electrons. The van der Waals surface area contributed by atoms with Crippen molar-refractivity contribution < 1.29 is 9.53 Å². The summed E-state index contributed by atoms with van der Waals surface area (Å²) in [6.45, 7) is 0. The number of benzene rings is 1. The molecule has 6 rings (SSSR count). The highest BCUT2D eigenvalue weighted by molar-refractivity contribution is 6.09. The Morgan fingerprint density at radius 2 is 1.32 bits per heavy atom. The molecule has 0 fully saturated rings. The van der Waals surface area contributed by atoms with Crippen molar-refractivity contribution in [3.05, 3.63) is 95.1 Å². The molecule has 0 saturated heterocycles. The Bertz CT molecular complexity index is 1660. The maximum atomic E-state index is 13.0. The second kappa shape index (κ2) is 8.01. The van der Waals surface area contributed by atoms with Crippen LogP contribution in [0.3, 0.4) is 0 Å². The van der Waals surface area contributed by atoms with Crippen molar-refractivity contribution in [1.82, 2.24) is 19.9 Å². The van der Waals surface area contributed by atoms with Gasteiger partial charge < -0.3 is 14.7 Å². The summed E-state index contributed by atoms with van der Waals surface area (Å²) in [6.07, 6.45) is 7.86. The Balaban J connectivity index is 1.76. The largest absolute Gasteiger partial charge is 0.465 e. The summed E-state index contributed by atoms with van der Waals surface area (Å²) in [5.41, 5.74) is 8.66. The Morgan fingerprint density at radius 3 is 2.00 bits per heavy atom. The molecule has 0 unspecified atom stereocenters. The number of aromatic amines is 2. The third-order valence-electron chi connectivity index (χ3n) is 5.80. The lowest BCUT2D eigenvalue weighted by Gasteiger charge is -2.04. The van der Waals surface area contributed by atoms with Crippen LogP contribution in [-0.4, -0.2) is 33.0 Å². The quantitative estimate of drug-likeness (QED) is 0.316. The number of methoxy groups -OCH3 is 1. The van der Waals surface area contributed by atoms with Crippen molar-refractivity contribution in [2.45, 2.75) is 0 Å². The van der Waals surface area contributed by atoms with Crippen LogP contribution in [0.25, 0.3) is 57.5 Å². The molecule has 4 aromatic rings. The van der Waals surface area contributed by atoms with Crippen LogP contribution < -0.4 is 0 Å². The number of nitrogens with one attached hydrogen (secondary N) is 2. The molecule has 2 aliphatic heterocycles. The van der Waals surface area contributed by atoms with Gasteiger partial charge in [-0.1, -0.05) is 30.3 Å². The SMILES string of the molecule is COC(=O)c1c(-c2ccccc2)c2cc3nc(cc4nc(cc5ccc(cc1[nH]2)[nH]5)C=C4)C=C3. The number of aromatic nitrogens is 4. The average Bonchev–Trinajstić information content (AvgIpc) is 3.63. The van der Waals surface area contributed by atoms with Crippen LogP contribution in [0.5, 0.6) is 0 Å². The minimum Gasteiger partial charge on any atom is -0.465 e. The number of fused-ring (bicyclic) bond motifs is 8. The van der Waals surface area contributed by atoms with Crippen molar-refractivity contribution in [3.8, 4) is 11.1 Å². The van der Waals surface area contributed by atoms with E-state index in [1.807, 2.05) is 91.0 Å². The highest BCUT2D eigenvalue weighted by atomic mass is 16.5. The summed E-state index contributed by atoms with van der Waals surface area (Å²) in [4.78, 5) is 29.2. The van der Waals surface area contributed by atoms with E-state index in [1.165, 1.54) is 7.11 Å². The zero-order valence-corrected chi connectivity index (χ0v) is 18.4. The zero-order chi connectivity index (χ0) is 23.1. The maximum Gasteiger partial charge on any atom is 0.340 e. The van der Waals surface area contributed by atoms with Crippen LogP contribution in [0, 0.1) is 0 Å².